The molecule has 0 radical (unpaired) electrons. The second-order valence-electron chi connectivity index (χ2n) is 7.04. The summed E-state index contributed by atoms with van der Waals surface area (Å²) in [5.41, 5.74) is 3.32. The van der Waals surface area contributed by atoms with Crippen molar-refractivity contribution in [3.8, 4) is 10.6 Å². The van der Waals surface area contributed by atoms with Gasteiger partial charge in [0.05, 0.1) is 0 Å². The van der Waals surface area contributed by atoms with E-state index in [0.717, 1.165) is 39.0 Å². The minimum atomic E-state index is -0.381. The summed E-state index contributed by atoms with van der Waals surface area (Å²) in [5.74, 6) is 0.433. The molecule has 0 aliphatic heterocycles. The highest BCUT2D eigenvalue weighted by atomic mass is 35.5. The summed E-state index contributed by atoms with van der Waals surface area (Å²) in [6.45, 7) is 3.96. The van der Waals surface area contributed by atoms with E-state index in [1.165, 1.54) is 17.4 Å². The molecule has 11 heteroatoms. The molecule has 33 heavy (non-hydrogen) atoms. The number of nitrogens with zero attached hydrogens (tertiary/aromatic N) is 4. The number of carbonyl (C=O) groups is 1. The number of rotatable bonds is 5. The second-order valence-corrected chi connectivity index (χ2v) is 9.25. The van der Waals surface area contributed by atoms with Crippen LogP contribution in [0.1, 0.15) is 23.9 Å². The second kappa shape index (κ2) is 9.96. The number of aromatic nitrogens is 4. The van der Waals surface area contributed by atoms with Crippen molar-refractivity contribution in [1.29, 1.82) is 0 Å². The summed E-state index contributed by atoms with van der Waals surface area (Å²) in [5, 5.41) is 20.6. The fraction of sp³-hybridized carbons (Fsp3) is 0.136. The molecule has 0 aliphatic rings. The maximum atomic E-state index is 12.3. The third-order valence-electron chi connectivity index (χ3n) is 4.72. The Morgan fingerprint density at radius 1 is 1.21 bits per heavy atom. The lowest BCUT2D eigenvalue weighted by Gasteiger charge is -2.12. The van der Waals surface area contributed by atoms with E-state index in [-0.39, 0.29) is 11.0 Å². The smallest absolute Gasteiger partial charge is 0.250 e. The molecule has 7 nitrogen and oxygen atoms in total. The van der Waals surface area contributed by atoms with Gasteiger partial charge < -0.3 is 5.32 Å². The van der Waals surface area contributed by atoms with Crippen molar-refractivity contribution < 1.29 is 4.79 Å². The van der Waals surface area contributed by atoms with Crippen molar-refractivity contribution in [2.45, 2.75) is 20.3 Å². The quantitative estimate of drug-likeness (QED) is 0.267. The SMILES string of the molecule is CCc1nnc2sc(-c3ccc(C)c(NC(=S)NC(=O)/C=C/c4ccc(Cl)cc4Cl)c3)nn12. The number of fused-ring (bicyclic) bond motifs is 1. The van der Waals surface area contributed by atoms with Crippen LogP contribution in [-0.4, -0.2) is 30.8 Å². The molecule has 0 saturated carbocycles. The van der Waals surface area contributed by atoms with E-state index < -0.39 is 0 Å². The number of amides is 1. The zero-order chi connectivity index (χ0) is 23.5. The largest absolute Gasteiger partial charge is 0.332 e. The lowest BCUT2D eigenvalue weighted by molar-refractivity contribution is -0.115. The molecule has 0 unspecified atom stereocenters. The highest BCUT2D eigenvalue weighted by Gasteiger charge is 2.13. The Morgan fingerprint density at radius 3 is 2.79 bits per heavy atom. The van der Waals surface area contributed by atoms with Gasteiger partial charge in [-0.3, -0.25) is 10.1 Å². The predicted molar refractivity (Wildman–Crippen MR) is 138 cm³/mol. The van der Waals surface area contributed by atoms with Crippen LogP contribution in [0.5, 0.6) is 0 Å². The van der Waals surface area contributed by atoms with Gasteiger partial charge in [-0.05, 0) is 54.5 Å². The van der Waals surface area contributed by atoms with E-state index in [0.29, 0.717) is 15.6 Å². The Balaban J connectivity index is 1.45. The predicted octanol–water partition coefficient (Wildman–Crippen LogP) is 5.56. The molecule has 0 bridgehead atoms. The van der Waals surface area contributed by atoms with Crippen molar-refractivity contribution in [1.82, 2.24) is 25.1 Å². The van der Waals surface area contributed by atoms with Crippen LogP contribution in [0, 0.1) is 6.92 Å². The molecular formula is C22H18Cl2N6OS2. The highest BCUT2D eigenvalue weighted by molar-refractivity contribution is 7.80. The average molecular weight is 517 g/mol. The molecular weight excluding hydrogens is 499 g/mol. The van der Waals surface area contributed by atoms with Gasteiger partial charge in [0.25, 0.3) is 0 Å². The van der Waals surface area contributed by atoms with Crippen LogP contribution in [0.2, 0.25) is 10.0 Å². The molecule has 4 aromatic rings. The first-order chi connectivity index (χ1) is 15.8. The van der Waals surface area contributed by atoms with Crippen LogP contribution in [0.15, 0.2) is 42.5 Å². The van der Waals surface area contributed by atoms with Crippen LogP contribution >= 0.6 is 46.8 Å². The molecule has 1 amide bonds. The normalized spacial score (nSPS) is 11.3. The van der Waals surface area contributed by atoms with Crippen molar-refractivity contribution in [3.63, 3.8) is 0 Å². The number of carbonyl (C=O) groups excluding carboxylic acids is 1. The number of benzene rings is 2. The molecule has 2 N–H and O–H groups in total. The van der Waals surface area contributed by atoms with Crippen LogP contribution in [-0.2, 0) is 11.2 Å². The van der Waals surface area contributed by atoms with Gasteiger partial charge in [0.1, 0.15) is 5.01 Å². The monoisotopic (exact) mass is 516 g/mol. The minimum absolute atomic E-state index is 0.179. The first-order valence-corrected chi connectivity index (χ1v) is 11.9. The van der Waals surface area contributed by atoms with E-state index in [2.05, 4.69) is 25.9 Å². The van der Waals surface area contributed by atoms with Gasteiger partial charge in [0.2, 0.25) is 10.9 Å². The van der Waals surface area contributed by atoms with Gasteiger partial charge in [-0.2, -0.15) is 9.61 Å². The highest BCUT2D eigenvalue weighted by Crippen LogP contribution is 2.29. The number of hydrogen-bond donors (Lipinski definition) is 2. The molecule has 0 atom stereocenters. The number of aryl methyl sites for hydroxylation is 2. The number of hydrogen-bond acceptors (Lipinski definition) is 6. The maximum absolute atomic E-state index is 12.3. The van der Waals surface area contributed by atoms with Crippen molar-refractivity contribution in [3.05, 3.63) is 69.5 Å². The molecule has 2 aromatic carbocycles. The lowest BCUT2D eigenvalue weighted by Crippen LogP contribution is -2.33. The standard InChI is InChI=1S/C22H18Cl2N6OS2/c1-3-18-27-28-22-30(18)29-20(33-22)14-5-4-12(2)17(10-14)25-21(32)26-19(31)9-7-13-6-8-15(23)11-16(13)24/h4-11H,3H2,1-2H3,(H2,25,26,31,32)/b9-7+. The van der Waals surface area contributed by atoms with Gasteiger partial charge in [0, 0.05) is 33.8 Å². The molecule has 4 rings (SSSR count). The molecule has 0 saturated heterocycles. The minimum Gasteiger partial charge on any atom is -0.332 e. The lowest BCUT2D eigenvalue weighted by atomic mass is 10.1. The van der Waals surface area contributed by atoms with Gasteiger partial charge >= 0.3 is 0 Å². The van der Waals surface area contributed by atoms with E-state index >= 15 is 0 Å². The van der Waals surface area contributed by atoms with Crippen LogP contribution in [0.4, 0.5) is 5.69 Å². The topological polar surface area (TPSA) is 84.2 Å². The maximum Gasteiger partial charge on any atom is 0.250 e. The molecule has 0 fully saturated rings. The summed E-state index contributed by atoms with van der Waals surface area (Å²) in [7, 11) is 0. The van der Waals surface area contributed by atoms with Crippen molar-refractivity contribution >= 4 is 74.5 Å². The summed E-state index contributed by atoms with van der Waals surface area (Å²) < 4.78 is 1.76. The van der Waals surface area contributed by atoms with E-state index in [1.807, 2.05) is 32.0 Å². The summed E-state index contributed by atoms with van der Waals surface area (Å²) in [6.07, 6.45) is 3.70. The first-order valence-electron chi connectivity index (χ1n) is 9.91. The Bertz CT molecular complexity index is 1400. The zero-order valence-corrected chi connectivity index (χ0v) is 20.7. The molecule has 0 spiro atoms. The van der Waals surface area contributed by atoms with E-state index in [4.69, 9.17) is 35.4 Å². The van der Waals surface area contributed by atoms with E-state index in [9.17, 15) is 4.79 Å². The fourth-order valence-electron chi connectivity index (χ4n) is 2.99. The Morgan fingerprint density at radius 2 is 2.03 bits per heavy atom. The number of thiocarbonyl (C=S) groups is 1. The van der Waals surface area contributed by atoms with Gasteiger partial charge in [-0.1, -0.05) is 59.7 Å². The number of halogens is 2. The van der Waals surface area contributed by atoms with Crippen molar-refractivity contribution in [2.75, 3.05) is 5.32 Å². The number of anilines is 1. The van der Waals surface area contributed by atoms with Gasteiger partial charge in [0.15, 0.2) is 10.9 Å². The first kappa shape index (κ1) is 23.3. The van der Waals surface area contributed by atoms with Crippen LogP contribution in [0.3, 0.4) is 0 Å². The third-order valence-corrected chi connectivity index (χ3v) is 6.43. The summed E-state index contributed by atoms with van der Waals surface area (Å²) in [6, 6.07) is 10.9. The molecule has 2 heterocycles. The van der Waals surface area contributed by atoms with Crippen LogP contribution < -0.4 is 10.6 Å². The molecule has 2 aromatic heterocycles. The van der Waals surface area contributed by atoms with E-state index in [1.54, 1.807) is 28.8 Å². The third kappa shape index (κ3) is 5.39. The summed E-state index contributed by atoms with van der Waals surface area (Å²) in [4.78, 5) is 13.0. The Labute approximate surface area is 209 Å². The molecule has 0 aliphatic carbocycles. The molecule has 168 valence electrons. The average Bonchev–Trinajstić information content (AvgIpc) is 3.35. The summed E-state index contributed by atoms with van der Waals surface area (Å²) >= 11 is 18.8. The Hall–Kier alpha value is -2.85. The Kier molecular flexibility index (Phi) is 7.04. The van der Waals surface area contributed by atoms with Gasteiger partial charge in [-0.15, -0.1) is 10.2 Å². The van der Waals surface area contributed by atoms with Crippen molar-refractivity contribution in [2.24, 2.45) is 0 Å². The van der Waals surface area contributed by atoms with Gasteiger partial charge in [-0.25, -0.2) is 0 Å². The fourth-order valence-corrected chi connectivity index (χ4v) is 4.53. The number of nitrogens with one attached hydrogen (secondary N) is 2. The zero-order valence-electron chi connectivity index (χ0n) is 17.6. The van der Waals surface area contributed by atoms with Crippen LogP contribution in [0.25, 0.3) is 21.6 Å².